The second-order valence-corrected chi connectivity index (χ2v) is 6.44. The number of nitrogens with zero attached hydrogens (tertiary/aromatic N) is 1. The van der Waals surface area contributed by atoms with Gasteiger partial charge in [0, 0.05) is 0 Å². The van der Waals surface area contributed by atoms with Gasteiger partial charge in [-0.3, -0.25) is 14.5 Å². The molecule has 2 saturated carbocycles. The van der Waals surface area contributed by atoms with E-state index in [2.05, 4.69) is 0 Å². The van der Waals surface area contributed by atoms with Crippen molar-refractivity contribution in [3.63, 3.8) is 0 Å². The zero-order chi connectivity index (χ0) is 15.6. The van der Waals surface area contributed by atoms with E-state index in [1.165, 1.54) is 12.1 Å². The Morgan fingerprint density at radius 2 is 1.59 bits per heavy atom. The largest absolute Gasteiger partial charge is 0.416 e. The van der Waals surface area contributed by atoms with Crippen LogP contribution in [0.4, 0.5) is 18.9 Å². The van der Waals surface area contributed by atoms with E-state index in [4.69, 9.17) is 0 Å². The number of rotatable bonds is 1. The SMILES string of the molecule is O=C1[C@@H]2[C@H]3CC[C@@H](C3)[C@@H]2C(=O)N1c1cccc(C(F)(F)F)c1. The van der Waals surface area contributed by atoms with Crippen LogP contribution >= 0.6 is 0 Å². The van der Waals surface area contributed by atoms with Crippen LogP contribution in [0.3, 0.4) is 0 Å². The first-order valence-electron chi connectivity index (χ1n) is 7.43. The van der Waals surface area contributed by atoms with Crippen LogP contribution in [-0.4, -0.2) is 11.8 Å². The van der Waals surface area contributed by atoms with Gasteiger partial charge in [-0.15, -0.1) is 0 Å². The molecule has 0 radical (unpaired) electrons. The van der Waals surface area contributed by atoms with Crippen LogP contribution in [0.25, 0.3) is 0 Å². The highest BCUT2D eigenvalue weighted by Gasteiger charge is 2.61. The molecule has 0 spiro atoms. The van der Waals surface area contributed by atoms with Crippen LogP contribution in [0.2, 0.25) is 0 Å². The summed E-state index contributed by atoms with van der Waals surface area (Å²) in [6, 6.07) is 4.47. The lowest BCUT2D eigenvalue weighted by atomic mass is 9.81. The van der Waals surface area contributed by atoms with Gasteiger partial charge in [-0.2, -0.15) is 13.2 Å². The summed E-state index contributed by atoms with van der Waals surface area (Å²) >= 11 is 0. The van der Waals surface area contributed by atoms with Crippen LogP contribution in [-0.2, 0) is 15.8 Å². The van der Waals surface area contributed by atoms with Gasteiger partial charge in [0.25, 0.3) is 0 Å². The fourth-order valence-electron chi connectivity index (χ4n) is 4.48. The Morgan fingerprint density at radius 3 is 2.14 bits per heavy atom. The van der Waals surface area contributed by atoms with Gasteiger partial charge in [0.1, 0.15) is 0 Å². The summed E-state index contributed by atoms with van der Waals surface area (Å²) in [6.45, 7) is 0. The summed E-state index contributed by atoms with van der Waals surface area (Å²) in [4.78, 5) is 26.1. The molecule has 4 atom stereocenters. The van der Waals surface area contributed by atoms with Gasteiger partial charge in [-0.25, -0.2) is 0 Å². The second-order valence-electron chi connectivity index (χ2n) is 6.44. The molecular formula is C16H14F3NO2. The Hall–Kier alpha value is -1.85. The van der Waals surface area contributed by atoms with Crippen molar-refractivity contribution in [3.05, 3.63) is 29.8 Å². The fraction of sp³-hybridized carbons (Fsp3) is 0.500. The average molecular weight is 309 g/mol. The van der Waals surface area contributed by atoms with Gasteiger partial charge in [0.2, 0.25) is 11.8 Å². The van der Waals surface area contributed by atoms with Gasteiger partial charge in [0.15, 0.2) is 0 Å². The van der Waals surface area contributed by atoms with E-state index in [0.717, 1.165) is 36.3 Å². The molecular weight excluding hydrogens is 295 g/mol. The van der Waals surface area contributed by atoms with Crippen LogP contribution < -0.4 is 4.90 Å². The summed E-state index contributed by atoms with van der Waals surface area (Å²) in [5, 5.41) is 0. The van der Waals surface area contributed by atoms with Crippen LogP contribution in [0.1, 0.15) is 24.8 Å². The first-order chi connectivity index (χ1) is 10.4. The molecule has 2 bridgehead atoms. The van der Waals surface area contributed by atoms with Crippen LogP contribution in [0.15, 0.2) is 24.3 Å². The Labute approximate surface area is 125 Å². The van der Waals surface area contributed by atoms with Crippen LogP contribution in [0.5, 0.6) is 0 Å². The smallest absolute Gasteiger partial charge is 0.274 e. The molecule has 1 aromatic rings. The van der Waals surface area contributed by atoms with E-state index in [1.54, 1.807) is 0 Å². The van der Waals surface area contributed by atoms with Crippen molar-refractivity contribution in [1.82, 2.24) is 0 Å². The molecule has 0 unspecified atom stereocenters. The summed E-state index contributed by atoms with van der Waals surface area (Å²) in [7, 11) is 0. The molecule has 3 nitrogen and oxygen atoms in total. The molecule has 1 aliphatic heterocycles. The minimum absolute atomic E-state index is 0.0404. The van der Waals surface area contributed by atoms with Gasteiger partial charge >= 0.3 is 6.18 Å². The van der Waals surface area contributed by atoms with E-state index < -0.39 is 11.7 Å². The maximum Gasteiger partial charge on any atom is 0.416 e. The second kappa shape index (κ2) is 4.33. The third-order valence-corrected chi connectivity index (χ3v) is 5.36. The predicted molar refractivity (Wildman–Crippen MR) is 71.7 cm³/mol. The van der Waals surface area contributed by atoms with Gasteiger partial charge in [-0.05, 0) is 49.3 Å². The number of anilines is 1. The van der Waals surface area contributed by atoms with Crippen molar-refractivity contribution in [1.29, 1.82) is 0 Å². The molecule has 3 aliphatic rings. The number of alkyl halides is 3. The normalized spacial score (nSPS) is 33.7. The molecule has 1 saturated heterocycles. The van der Waals surface area contributed by atoms with Crippen molar-refractivity contribution < 1.29 is 22.8 Å². The molecule has 4 rings (SSSR count). The quantitative estimate of drug-likeness (QED) is 0.747. The van der Waals surface area contributed by atoms with E-state index in [-0.39, 0.29) is 41.2 Å². The highest BCUT2D eigenvalue weighted by atomic mass is 19.4. The topological polar surface area (TPSA) is 37.4 Å². The minimum atomic E-state index is -4.49. The van der Waals surface area contributed by atoms with Gasteiger partial charge < -0.3 is 0 Å². The average Bonchev–Trinajstić information content (AvgIpc) is 3.12. The molecule has 2 amide bonds. The Morgan fingerprint density at radius 1 is 1.00 bits per heavy atom. The van der Waals surface area contributed by atoms with Crippen molar-refractivity contribution in [2.24, 2.45) is 23.7 Å². The number of fused-ring (bicyclic) bond motifs is 5. The third-order valence-electron chi connectivity index (χ3n) is 5.36. The van der Waals surface area contributed by atoms with E-state index >= 15 is 0 Å². The summed E-state index contributed by atoms with van der Waals surface area (Å²) in [5.41, 5.74) is -0.802. The third kappa shape index (κ3) is 1.76. The molecule has 0 aromatic heterocycles. The van der Waals surface area contributed by atoms with Crippen molar-refractivity contribution in [2.45, 2.75) is 25.4 Å². The molecule has 1 heterocycles. The monoisotopic (exact) mass is 309 g/mol. The van der Waals surface area contributed by atoms with E-state index in [0.29, 0.717) is 0 Å². The predicted octanol–water partition coefficient (Wildman–Crippen LogP) is 3.24. The lowest BCUT2D eigenvalue weighted by molar-refractivity contribution is -0.137. The standard InChI is InChI=1S/C16H14F3NO2/c17-16(18,19)10-2-1-3-11(7-10)20-14(21)12-8-4-5-9(6-8)13(12)15(20)22/h1-3,7-9,12-13H,4-6H2/t8-,9-,12-,13+/m0/s1. The minimum Gasteiger partial charge on any atom is -0.274 e. The first-order valence-corrected chi connectivity index (χ1v) is 7.43. The number of amides is 2. The van der Waals surface area contributed by atoms with Gasteiger partial charge in [0.05, 0.1) is 23.1 Å². The number of benzene rings is 1. The highest BCUT2D eigenvalue weighted by molar-refractivity contribution is 6.22. The Balaban J connectivity index is 1.72. The first kappa shape index (κ1) is 13.8. The number of halogens is 3. The lowest BCUT2D eigenvalue weighted by Crippen LogP contribution is -2.32. The van der Waals surface area contributed by atoms with Crippen molar-refractivity contribution >= 4 is 17.5 Å². The molecule has 3 fully saturated rings. The number of carbonyl (C=O) groups excluding carboxylic acids is 2. The number of hydrogen-bond donors (Lipinski definition) is 0. The summed E-state index contributed by atoms with van der Waals surface area (Å²) in [6.07, 6.45) is -1.69. The maximum absolute atomic E-state index is 12.8. The molecule has 1 aromatic carbocycles. The maximum atomic E-state index is 12.8. The van der Waals surface area contributed by atoms with Gasteiger partial charge in [-0.1, -0.05) is 6.07 Å². The molecule has 22 heavy (non-hydrogen) atoms. The Kier molecular flexibility index (Phi) is 2.72. The van der Waals surface area contributed by atoms with Crippen molar-refractivity contribution in [2.75, 3.05) is 4.90 Å². The summed E-state index contributed by atoms with van der Waals surface area (Å²) < 4.78 is 38.5. The Bertz CT molecular complexity index is 642. The number of carbonyl (C=O) groups is 2. The van der Waals surface area contributed by atoms with Crippen molar-refractivity contribution in [3.8, 4) is 0 Å². The fourth-order valence-corrected chi connectivity index (χ4v) is 4.48. The van der Waals surface area contributed by atoms with E-state index in [1.807, 2.05) is 0 Å². The molecule has 2 aliphatic carbocycles. The number of hydrogen-bond acceptors (Lipinski definition) is 2. The summed E-state index contributed by atoms with van der Waals surface area (Å²) in [5.74, 6) is -0.825. The number of imide groups is 1. The lowest BCUT2D eigenvalue weighted by Gasteiger charge is -2.19. The zero-order valence-electron chi connectivity index (χ0n) is 11.6. The molecule has 0 N–H and O–H groups in total. The molecule has 116 valence electrons. The zero-order valence-corrected chi connectivity index (χ0v) is 11.6. The van der Waals surface area contributed by atoms with Crippen LogP contribution in [0, 0.1) is 23.7 Å². The molecule has 6 heteroatoms. The van der Waals surface area contributed by atoms with E-state index in [9.17, 15) is 22.8 Å². The highest BCUT2D eigenvalue weighted by Crippen LogP contribution is 2.56.